The van der Waals surface area contributed by atoms with Crippen LogP contribution in [-0.2, 0) is 31.9 Å². The summed E-state index contributed by atoms with van der Waals surface area (Å²) in [6, 6.07) is 2.85. The topological polar surface area (TPSA) is 148 Å². The summed E-state index contributed by atoms with van der Waals surface area (Å²) >= 11 is 7.24. The van der Waals surface area contributed by atoms with Crippen LogP contribution in [0.15, 0.2) is 26.6 Å². The Bertz CT molecular complexity index is 1270. The summed E-state index contributed by atoms with van der Waals surface area (Å²) in [7, 11) is -6.97. The molecule has 4 rings (SSSR count). The number of rotatable bonds is 6. The van der Waals surface area contributed by atoms with Crippen LogP contribution in [0.1, 0.15) is 31.4 Å². The summed E-state index contributed by atoms with van der Waals surface area (Å²) in [5, 5.41) is 8.42. The summed E-state index contributed by atoms with van der Waals surface area (Å²) in [4.78, 5) is 13.2. The first-order chi connectivity index (χ1) is 15.9. The number of aromatic nitrogens is 2. The Morgan fingerprint density at radius 2 is 1.76 bits per heavy atom. The Balaban J connectivity index is 1.73. The molecule has 1 saturated carbocycles. The summed E-state index contributed by atoms with van der Waals surface area (Å²) < 4.78 is 57.2. The number of thiophene rings is 1. The van der Waals surface area contributed by atoms with Crippen molar-refractivity contribution in [3.05, 3.63) is 28.4 Å². The standard InChI is InChI=1S/C19H27ClN6O5S3/c1-12-16(17(20)24(2)23-12)34(30,31)26-10-9-25(33(28,29)15-4-3-11-32-15)19(26)18(27)22-14-7-5-13(21)6-8-14/h3-4,11,13-14,19H,5-10,21H2,1-2H3,(H,22,27). The van der Waals surface area contributed by atoms with Crippen LogP contribution in [0, 0.1) is 6.92 Å². The van der Waals surface area contributed by atoms with Gasteiger partial charge in [-0.15, -0.1) is 11.3 Å². The summed E-state index contributed by atoms with van der Waals surface area (Å²) in [6.07, 6.45) is 1.12. The van der Waals surface area contributed by atoms with Crippen molar-refractivity contribution in [1.82, 2.24) is 23.7 Å². The van der Waals surface area contributed by atoms with Gasteiger partial charge in [0.2, 0.25) is 10.0 Å². The molecule has 2 fully saturated rings. The lowest BCUT2D eigenvalue weighted by atomic mass is 9.92. The van der Waals surface area contributed by atoms with Gasteiger partial charge in [0.15, 0.2) is 6.17 Å². The van der Waals surface area contributed by atoms with E-state index in [-0.39, 0.29) is 45.1 Å². The predicted molar refractivity (Wildman–Crippen MR) is 127 cm³/mol. The van der Waals surface area contributed by atoms with E-state index >= 15 is 0 Å². The molecule has 188 valence electrons. The molecule has 1 aliphatic heterocycles. The number of hydrogen-bond acceptors (Lipinski definition) is 8. The number of carbonyl (C=O) groups excluding carboxylic acids is 1. The molecular formula is C19H27ClN6O5S3. The average molecular weight is 551 g/mol. The van der Waals surface area contributed by atoms with Gasteiger partial charge < -0.3 is 11.1 Å². The van der Waals surface area contributed by atoms with Crippen molar-refractivity contribution < 1.29 is 21.6 Å². The molecule has 3 N–H and O–H groups in total. The van der Waals surface area contributed by atoms with Crippen LogP contribution >= 0.6 is 22.9 Å². The first-order valence-electron chi connectivity index (χ1n) is 10.8. The summed E-state index contributed by atoms with van der Waals surface area (Å²) in [5.41, 5.74) is 6.11. The third kappa shape index (κ3) is 4.52. The third-order valence-corrected chi connectivity index (χ3v) is 11.9. The second-order valence-corrected chi connectivity index (χ2v) is 13.7. The van der Waals surface area contributed by atoms with E-state index in [0.717, 1.165) is 32.8 Å². The number of nitrogens with two attached hydrogens (primary N) is 1. The van der Waals surface area contributed by atoms with E-state index in [1.54, 1.807) is 11.4 Å². The Hall–Kier alpha value is -1.55. The lowest BCUT2D eigenvalue weighted by Gasteiger charge is -2.32. The van der Waals surface area contributed by atoms with Gasteiger partial charge in [0.05, 0.1) is 5.69 Å². The number of nitrogens with one attached hydrogen (secondary N) is 1. The van der Waals surface area contributed by atoms with Gasteiger partial charge in [0, 0.05) is 32.2 Å². The second kappa shape index (κ2) is 9.48. The fraction of sp³-hybridized carbons (Fsp3) is 0.579. The van der Waals surface area contributed by atoms with Gasteiger partial charge in [-0.05, 0) is 44.1 Å². The molecule has 2 aromatic heterocycles. The monoisotopic (exact) mass is 550 g/mol. The molecule has 0 aromatic carbocycles. The molecule has 1 saturated heterocycles. The minimum Gasteiger partial charge on any atom is -0.351 e. The fourth-order valence-electron chi connectivity index (χ4n) is 4.44. The van der Waals surface area contributed by atoms with Crippen LogP contribution in [0.3, 0.4) is 0 Å². The van der Waals surface area contributed by atoms with E-state index in [2.05, 4.69) is 10.4 Å². The summed E-state index contributed by atoms with van der Waals surface area (Å²) in [5.74, 6) is -0.695. The largest absolute Gasteiger partial charge is 0.351 e. The van der Waals surface area contributed by atoms with Gasteiger partial charge in [-0.25, -0.2) is 16.8 Å². The smallest absolute Gasteiger partial charge is 0.254 e. The van der Waals surface area contributed by atoms with Crippen LogP contribution < -0.4 is 11.1 Å². The molecular weight excluding hydrogens is 524 g/mol. The second-order valence-electron chi connectivity index (χ2n) is 8.49. The number of nitrogens with zero attached hydrogens (tertiary/aromatic N) is 4. The average Bonchev–Trinajstić information content (AvgIpc) is 3.50. The van der Waals surface area contributed by atoms with E-state index in [1.807, 2.05) is 0 Å². The highest BCUT2D eigenvalue weighted by molar-refractivity contribution is 7.91. The zero-order valence-corrected chi connectivity index (χ0v) is 21.9. The molecule has 2 aromatic rings. The van der Waals surface area contributed by atoms with Gasteiger partial charge in [0.1, 0.15) is 14.3 Å². The molecule has 0 bridgehead atoms. The van der Waals surface area contributed by atoms with Crippen LogP contribution in [0.4, 0.5) is 0 Å². The summed E-state index contributed by atoms with van der Waals surface area (Å²) in [6.45, 7) is 1.12. The highest BCUT2D eigenvalue weighted by atomic mass is 35.5. The Kier molecular flexibility index (Phi) is 7.12. The van der Waals surface area contributed by atoms with Crippen LogP contribution in [-0.4, -0.2) is 72.5 Å². The molecule has 2 aliphatic rings. The molecule has 0 spiro atoms. The maximum absolute atomic E-state index is 13.7. The third-order valence-electron chi connectivity index (χ3n) is 6.16. The zero-order chi connectivity index (χ0) is 24.8. The van der Waals surface area contributed by atoms with Crippen molar-refractivity contribution in [2.24, 2.45) is 12.8 Å². The quantitative estimate of drug-likeness (QED) is 0.541. The van der Waals surface area contributed by atoms with Gasteiger partial charge in [-0.1, -0.05) is 17.7 Å². The highest BCUT2D eigenvalue weighted by Gasteiger charge is 2.51. The van der Waals surface area contributed by atoms with E-state index in [9.17, 15) is 21.6 Å². The normalized spacial score (nSPS) is 25.0. The zero-order valence-electron chi connectivity index (χ0n) is 18.7. The Morgan fingerprint density at radius 1 is 1.15 bits per heavy atom. The number of carbonyl (C=O) groups is 1. The minimum atomic E-state index is -4.35. The van der Waals surface area contributed by atoms with Crippen LogP contribution in [0.25, 0.3) is 0 Å². The molecule has 3 heterocycles. The van der Waals surface area contributed by atoms with E-state index in [4.69, 9.17) is 17.3 Å². The molecule has 1 unspecified atom stereocenters. The lowest BCUT2D eigenvalue weighted by Crippen LogP contribution is -2.56. The van der Waals surface area contributed by atoms with Crippen molar-refractivity contribution in [3.63, 3.8) is 0 Å². The van der Waals surface area contributed by atoms with Crippen molar-refractivity contribution in [1.29, 1.82) is 0 Å². The van der Waals surface area contributed by atoms with Crippen molar-refractivity contribution in [2.75, 3.05) is 13.1 Å². The molecule has 1 amide bonds. The molecule has 1 atom stereocenters. The van der Waals surface area contributed by atoms with Crippen molar-refractivity contribution >= 4 is 48.9 Å². The van der Waals surface area contributed by atoms with Gasteiger partial charge in [-0.2, -0.15) is 13.7 Å². The number of halogens is 1. The van der Waals surface area contributed by atoms with E-state index in [0.29, 0.717) is 12.8 Å². The van der Waals surface area contributed by atoms with Gasteiger partial charge >= 0.3 is 0 Å². The fourth-order valence-corrected chi connectivity index (χ4v) is 9.42. The van der Waals surface area contributed by atoms with E-state index in [1.165, 1.54) is 24.7 Å². The Labute approximate surface area is 207 Å². The number of sulfonamides is 2. The van der Waals surface area contributed by atoms with E-state index < -0.39 is 32.1 Å². The molecule has 15 heteroatoms. The number of amides is 1. The van der Waals surface area contributed by atoms with Gasteiger partial charge in [-0.3, -0.25) is 9.48 Å². The molecule has 1 aliphatic carbocycles. The van der Waals surface area contributed by atoms with Crippen LogP contribution in [0.5, 0.6) is 0 Å². The van der Waals surface area contributed by atoms with Crippen molar-refractivity contribution in [3.8, 4) is 0 Å². The molecule has 11 nitrogen and oxygen atoms in total. The maximum atomic E-state index is 13.7. The van der Waals surface area contributed by atoms with Crippen LogP contribution in [0.2, 0.25) is 5.15 Å². The first-order valence-corrected chi connectivity index (χ1v) is 14.9. The molecule has 34 heavy (non-hydrogen) atoms. The first kappa shape index (κ1) is 25.5. The van der Waals surface area contributed by atoms with Crippen molar-refractivity contribution in [2.45, 2.75) is 60.0 Å². The SMILES string of the molecule is Cc1nn(C)c(Cl)c1S(=O)(=O)N1CCN(S(=O)(=O)c2cccs2)C1C(=O)NC1CCC(N)CC1. The maximum Gasteiger partial charge on any atom is 0.254 e. The van der Waals surface area contributed by atoms with Gasteiger partial charge in [0.25, 0.3) is 15.9 Å². The number of aryl methyl sites for hydroxylation is 2. The number of hydrogen-bond donors (Lipinski definition) is 2. The lowest BCUT2D eigenvalue weighted by molar-refractivity contribution is -0.127. The highest BCUT2D eigenvalue weighted by Crippen LogP contribution is 2.34. The minimum absolute atomic E-state index is 0.0313. The Morgan fingerprint density at radius 3 is 2.29 bits per heavy atom. The molecule has 0 radical (unpaired) electrons. The predicted octanol–water partition coefficient (Wildman–Crippen LogP) is 0.851.